The maximum Gasteiger partial charge on any atom is 0.287 e. The molecule has 2 amide bonds. The van der Waals surface area contributed by atoms with E-state index in [1.165, 1.54) is 0 Å². The molecule has 0 spiro atoms. The Labute approximate surface area is 182 Å². The maximum absolute atomic E-state index is 13.1. The highest BCUT2D eigenvalue weighted by Gasteiger charge is 2.28. The molecular formula is C23H20N4O3S. The van der Waals surface area contributed by atoms with Crippen LogP contribution in [0.15, 0.2) is 60.2 Å². The standard InChI is InChI=1S/C23H20N4O3S/c1-13-20(17-7-4-5-9-25-17)16(11-26-13)23(30)27-18(21(28)22(24)29)10-14-12-31-19-8-3-2-6-15(14)19/h2-9,11-12,18,26H,10H2,1H3,(H2,24,29)(H,27,30). The number of benzene rings is 1. The molecule has 0 radical (unpaired) electrons. The summed E-state index contributed by atoms with van der Waals surface area (Å²) < 4.78 is 1.06. The fourth-order valence-electron chi connectivity index (χ4n) is 3.57. The number of nitrogens with zero attached hydrogens (tertiary/aromatic N) is 1. The third kappa shape index (κ3) is 4.10. The van der Waals surface area contributed by atoms with Crippen LogP contribution in [0, 0.1) is 6.92 Å². The van der Waals surface area contributed by atoms with Crippen LogP contribution in [0.3, 0.4) is 0 Å². The van der Waals surface area contributed by atoms with Gasteiger partial charge in [0.1, 0.15) is 6.04 Å². The van der Waals surface area contributed by atoms with Crippen LogP contribution in [0.25, 0.3) is 21.3 Å². The second kappa shape index (κ2) is 8.53. The average Bonchev–Trinajstić information content (AvgIpc) is 3.37. The van der Waals surface area contributed by atoms with Crippen LogP contribution < -0.4 is 11.1 Å². The fourth-order valence-corrected chi connectivity index (χ4v) is 4.55. The van der Waals surface area contributed by atoms with Gasteiger partial charge in [0.05, 0.1) is 11.3 Å². The minimum atomic E-state index is -1.08. The van der Waals surface area contributed by atoms with Crippen molar-refractivity contribution in [1.29, 1.82) is 0 Å². The summed E-state index contributed by atoms with van der Waals surface area (Å²) in [7, 11) is 0. The zero-order valence-electron chi connectivity index (χ0n) is 16.7. The van der Waals surface area contributed by atoms with Crippen LogP contribution in [-0.2, 0) is 16.0 Å². The Balaban J connectivity index is 1.65. The lowest BCUT2D eigenvalue weighted by Crippen LogP contribution is -2.47. The van der Waals surface area contributed by atoms with E-state index in [4.69, 9.17) is 5.73 Å². The van der Waals surface area contributed by atoms with E-state index in [1.54, 1.807) is 35.9 Å². The maximum atomic E-state index is 13.1. The highest BCUT2D eigenvalue weighted by molar-refractivity contribution is 7.17. The van der Waals surface area contributed by atoms with Gasteiger partial charge in [-0.05, 0) is 41.5 Å². The number of Topliss-reactive ketones (excluding diaryl/α,β-unsaturated/α-hetero) is 1. The van der Waals surface area contributed by atoms with E-state index in [0.717, 1.165) is 21.3 Å². The van der Waals surface area contributed by atoms with Gasteiger partial charge in [-0.2, -0.15) is 0 Å². The minimum absolute atomic E-state index is 0.167. The Morgan fingerprint density at radius 2 is 1.94 bits per heavy atom. The summed E-state index contributed by atoms with van der Waals surface area (Å²) in [6.07, 6.45) is 3.38. The average molecular weight is 433 g/mol. The van der Waals surface area contributed by atoms with Crippen molar-refractivity contribution in [3.8, 4) is 11.3 Å². The summed E-state index contributed by atoms with van der Waals surface area (Å²) >= 11 is 1.54. The molecule has 0 saturated carbocycles. The third-order valence-electron chi connectivity index (χ3n) is 5.09. The molecule has 8 heteroatoms. The van der Waals surface area contributed by atoms with Crippen molar-refractivity contribution in [2.24, 2.45) is 5.73 Å². The van der Waals surface area contributed by atoms with Crippen molar-refractivity contribution in [1.82, 2.24) is 15.3 Å². The molecule has 4 N–H and O–H groups in total. The van der Waals surface area contributed by atoms with Gasteiger partial charge in [0, 0.05) is 34.8 Å². The van der Waals surface area contributed by atoms with Crippen molar-refractivity contribution in [3.05, 3.63) is 77.1 Å². The number of primary amides is 1. The number of thiophene rings is 1. The number of hydrogen-bond donors (Lipinski definition) is 3. The van der Waals surface area contributed by atoms with E-state index in [-0.39, 0.29) is 6.42 Å². The van der Waals surface area contributed by atoms with E-state index in [9.17, 15) is 14.4 Å². The van der Waals surface area contributed by atoms with Crippen molar-refractivity contribution >= 4 is 39.0 Å². The molecule has 0 saturated heterocycles. The first-order valence-electron chi connectivity index (χ1n) is 9.64. The molecule has 7 nitrogen and oxygen atoms in total. The Morgan fingerprint density at radius 3 is 2.68 bits per heavy atom. The van der Waals surface area contributed by atoms with E-state index in [2.05, 4.69) is 15.3 Å². The summed E-state index contributed by atoms with van der Waals surface area (Å²) in [4.78, 5) is 44.7. The largest absolute Gasteiger partial charge is 0.364 e. The summed E-state index contributed by atoms with van der Waals surface area (Å²) in [5.74, 6) is -2.40. The highest BCUT2D eigenvalue weighted by atomic mass is 32.1. The lowest BCUT2D eigenvalue weighted by atomic mass is 10.00. The molecule has 4 aromatic rings. The summed E-state index contributed by atoms with van der Waals surface area (Å²) in [5.41, 5.74) is 8.52. The summed E-state index contributed by atoms with van der Waals surface area (Å²) in [6.45, 7) is 1.84. The van der Waals surface area contributed by atoms with Crippen LogP contribution in [0.1, 0.15) is 21.6 Å². The fraction of sp³-hybridized carbons (Fsp3) is 0.130. The number of ketones is 1. The molecule has 156 valence electrons. The Bertz CT molecular complexity index is 1280. The smallest absolute Gasteiger partial charge is 0.287 e. The number of amides is 2. The van der Waals surface area contributed by atoms with Gasteiger partial charge in [-0.1, -0.05) is 24.3 Å². The first-order chi connectivity index (χ1) is 15.0. The number of carbonyl (C=O) groups excluding carboxylic acids is 3. The molecule has 1 atom stereocenters. The third-order valence-corrected chi connectivity index (χ3v) is 6.11. The molecule has 0 bridgehead atoms. The van der Waals surface area contributed by atoms with Gasteiger partial charge >= 0.3 is 0 Å². The van der Waals surface area contributed by atoms with Crippen LogP contribution in [0.4, 0.5) is 0 Å². The molecule has 31 heavy (non-hydrogen) atoms. The SMILES string of the molecule is Cc1[nH]cc(C(=O)NC(Cc2csc3ccccc23)C(=O)C(N)=O)c1-c1ccccn1. The number of carbonyl (C=O) groups is 3. The number of pyridine rings is 1. The number of nitrogens with two attached hydrogens (primary N) is 1. The number of nitrogens with one attached hydrogen (secondary N) is 2. The number of aromatic amines is 1. The molecule has 0 fully saturated rings. The zero-order valence-corrected chi connectivity index (χ0v) is 17.5. The predicted octanol–water partition coefficient (Wildman–Crippen LogP) is 3.00. The van der Waals surface area contributed by atoms with Crippen LogP contribution in [0.5, 0.6) is 0 Å². The first-order valence-corrected chi connectivity index (χ1v) is 10.5. The van der Waals surface area contributed by atoms with Gasteiger partial charge in [-0.3, -0.25) is 19.4 Å². The number of rotatable bonds is 7. The van der Waals surface area contributed by atoms with Gasteiger partial charge in [0.2, 0.25) is 5.78 Å². The van der Waals surface area contributed by atoms with Crippen LogP contribution >= 0.6 is 11.3 Å². The summed E-state index contributed by atoms with van der Waals surface area (Å²) in [6, 6.07) is 12.1. The van der Waals surface area contributed by atoms with Crippen molar-refractivity contribution < 1.29 is 14.4 Å². The molecule has 0 aliphatic rings. The molecule has 1 aromatic carbocycles. The van der Waals surface area contributed by atoms with Crippen molar-refractivity contribution in [2.45, 2.75) is 19.4 Å². The number of hydrogen-bond acceptors (Lipinski definition) is 5. The Hall–Kier alpha value is -3.78. The molecule has 1 unspecified atom stereocenters. The quantitative estimate of drug-likeness (QED) is 0.389. The topological polar surface area (TPSA) is 118 Å². The number of fused-ring (bicyclic) bond motifs is 1. The second-order valence-electron chi connectivity index (χ2n) is 7.13. The van der Waals surface area contributed by atoms with Crippen molar-refractivity contribution in [2.75, 3.05) is 0 Å². The van der Waals surface area contributed by atoms with Crippen LogP contribution in [0.2, 0.25) is 0 Å². The normalized spacial score (nSPS) is 11.9. The van der Waals surface area contributed by atoms with Crippen LogP contribution in [-0.4, -0.2) is 33.6 Å². The molecule has 3 heterocycles. The van der Waals surface area contributed by atoms with Gasteiger partial charge in [-0.25, -0.2) is 0 Å². The number of H-pyrrole nitrogens is 1. The molecule has 0 aliphatic heterocycles. The molecule has 4 rings (SSSR count). The zero-order chi connectivity index (χ0) is 22.0. The van der Waals surface area contributed by atoms with Gasteiger partial charge in [-0.15, -0.1) is 11.3 Å². The minimum Gasteiger partial charge on any atom is -0.364 e. The molecule has 3 aromatic heterocycles. The highest BCUT2D eigenvalue weighted by Crippen LogP contribution is 2.28. The monoisotopic (exact) mass is 432 g/mol. The van der Waals surface area contributed by atoms with Crippen molar-refractivity contribution in [3.63, 3.8) is 0 Å². The number of aryl methyl sites for hydroxylation is 1. The lowest BCUT2D eigenvalue weighted by Gasteiger charge is -2.16. The van der Waals surface area contributed by atoms with Gasteiger partial charge in [0.25, 0.3) is 11.8 Å². The Kier molecular flexibility index (Phi) is 5.64. The predicted molar refractivity (Wildman–Crippen MR) is 120 cm³/mol. The second-order valence-corrected chi connectivity index (χ2v) is 8.04. The van der Waals surface area contributed by atoms with E-state index < -0.39 is 23.6 Å². The van der Waals surface area contributed by atoms with Gasteiger partial charge in [0.15, 0.2) is 0 Å². The molecule has 0 aliphatic carbocycles. The lowest BCUT2D eigenvalue weighted by molar-refractivity contribution is -0.137. The van der Waals surface area contributed by atoms with E-state index in [1.807, 2.05) is 42.6 Å². The number of aromatic nitrogens is 2. The molecular weight excluding hydrogens is 412 g/mol. The van der Waals surface area contributed by atoms with E-state index >= 15 is 0 Å². The van der Waals surface area contributed by atoms with E-state index in [0.29, 0.717) is 16.8 Å². The first kappa shape index (κ1) is 20.5. The Morgan fingerprint density at radius 1 is 1.16 bits per heavy atom. The summed E-state index contributed by atoms with van der Waals surface area (Å²) in [5, 5.41) is 5.62. The van der Waals surface area contributed by atoms with Gasteiger partial charge < -0.3 is 16.0 Å².